The third-order valence-electron chi connectivity index (χ3n) is 4.54. The van der Waals surface area contributed by atoms with Crippen molar-refractivity contribution in [3.05, 3.63) is 39.5 Å². The molecule has 1 aromatic carbocycles. The SMILES string of the molecule is O=C1COc2cc(S(=O)(=O)N3CCN(C(=O)c4cccs4)CC3)c(Cl)cc2N1. The minimum Gasteiger partial charge on any atom is -0.482 e. The van der Waals surface area contributed by atoms with Crippen LogP contribution in [0.2, 0.25) is 5.02 Å². The number of thiophene rings is 1. The highest BCUT2D eigenvalue weighted by Crippen LogP contribution is 2.37. The van der Waals surface area contributed by atoms with Crippen LogP contribution in [-0.4, -0.2) is 62.2 Å². The fourth-order valence-corrected chi connectivity index (χ4v) is 5.74. The Morgan fingerprint density at radius 3 is 2.64 bits per heavy atom. The van der Waals surface area contributed by atoms with E-state index in [4.69, 9.17) is 16.3 Å². The molecule has 1 fully saturated rings. The number of hydrogen-bond donors (Lipinski definition) is 1. The molecule has 28 heavy (non-hydrogen) atoms. The van der Waals surface area contributed by atoms with Crippen molar-refractivity contribution in [2.45, 2.75) is 4.90 Å². The summed E-state index contributed by atoms with van der Waals surface area (Å²) in [6, 6.07) is 6.26. The zero-order chi connectivity index (χ0) is 19.9. The number of ether oxygens (including phenoxy) is 1. The molecule has 0 unspecified atom stereocenters. The number of carbonyl (C=O) groups excluding carboxylic acids is 2. The highest BCUT2D eigenvalue weighted by molar-refractivity contribution is 7.89. The summed E-state index contributed by atoms with van der Waals surface area (Å²) >= 11 is 7.54. The lowest BCUT2D eigenvalue weighted by atomic mass is 10.2. The van der Waals surface area contributed by atoms with Crippen LogP contribution in [0.3, 0.4) is 0 Å². The molecule has 1 saturated heterocycles. The molecule has 2 aromatic rings. The Balaban J connectivity index is 1.52. The Morgan fingerprint density at radius 2 is 1.96 bits per heavy atom. The Hall–Kier alpha value is -2.14. The standard InChI is InChI=1S/C17H16ClN3O5S2/c18-11-8-12-13(26-10-16(22)19-12)9-15(11)28(24,25)21-5-3-20(4-6-21)17(23)14-2-1-7-27-14/h1-2,7-9H,3-6,10H2,(H,19,22). The van der Waals surface area contributed by atoms with Crippen LogP contribution in [0.15, 0.2) is 34.5 Å². The first-order chi connectivity index (χ1) is 13.4. The van der Waals surface area contributed by atoms with Crippen molar-refractivity contribution < 1.29 is 22.7 Å². The van der Waals surface area contributed by atoms with Gasteiger partial charge >= 0.3 is 0 Å². The second kappa shape index (κ2) is 7.36. The van der Waals surface area contributed by atoms with Crippen LogP contribution >= 0.6 is 22.9 Å². The number of anilines is 1. The molecule has 0 bridgehead atoms. The van der Waals surface area contributed by atoms with E-state index >= 15 is 0 Å². The lowest BCUT2D eigenvalue weighted by Crippen LogP contribution is -2.50. The summed E-state index contributed by atoms with van der Waals surface area (Å²) in [5, 5.41) is 4.42. The van der Waals surface area contributed by atoms with Gasteiger partial charge < -0.3 is 15.0 Å². The zero-order valence-corrected chi connectivity index (χ0v) is 16.9. The van der Waals surface area contributed by atoms with Gasteiger partial charge in [0.1, 0.15) is 10.6 Å². The molecule has 11 heteroatoms. The van der Waals surface area contributed by atoms with E-state index in [1.807, 2.05) is 5.38 Å². The molecular formula is C17H16ClN3O5S2. The molecule has 0 spiro atoms. The quantitative estimate of drug-likeness (QED) is 0.784. The van der Waals surface area contributed by atoms with Crippen LogP contribution in [-0.2, 0) is 14.8 Å². The Kier molecular flexibility index (Phi) is 5.04. The lowest BCUT2D eigenvalue weighted by Gasteiger charge is -2.34. The number of hydrogen-bond acceptors (Lipinski definition) is 6. The molecule has 0 aliphatic carbocycles. The van der Waals surface area contributed by atoms with Crippen molar-refractivity contribution in [1.82, 2.24) is 9.21 Å². The molecule has 0 radical (unpaired) electrons. The van der Waals surface area contributed by atoms with Crippen molar-refractivity contribution in [2.24, 2.45) is 0 Å². The van der Waals surface area contributed by atoms with Crippen LogP contribution in [0.5, 0.6) is 5.75 Å². The van der Waals surface area contributed by atoms with Crippen LogP contribution in [0, 0.1) is 0 Å². The summed E-state index contributed by atoms with van der Waals surface area (Å²) in [6.07, 6.45) is 0. The molecular weight excluding hydrogens is 426 g/mol. The van der Waals surface area contributed by atoms with E-state index in [2.05, 4.69) is 5.32 Å². The number of halogens is 1. The smallest absolute Gasteiger partial charge is 0.264 e. The predicted octanol–water partition coefficient (Wildman–Crippen LogP) is 1.88. The summed E-state index contributed by atoms with van der Waals surface area (Å²) in [7, 11) is -3.87. The van der Waals surface area contributed by atoms with Gasteiger partial charge in [0, 0.05) is 32.2 Å². The maximum Gasteiger partial charge on any atom is 0.264 e. The largest absolute Gasteiger partial charge is 0.482 e. The number of amides is 2. The first kappa shape index (κ1) is 19.2. The van der Waals surface area contributed by atoms with Crippen molar-refractivity contribution >= 4 is 50.5 Å². The van der Waals surface area contributed by atoms with Gasteiger partial charge in [-0.15, -0.1) is 11.3 Å². The number of nitrogens with one attached hydrogen (secondary N) is 1. The molecule has 148 valence electrons. The monoisotopic (exact) mass is 441 g/mol. The first-order valence-electron chi connectivity index (χ1n) is 8.45. The van der Waals surface area contributed by atoms with Gasteiger partial charge in [-0.1, -0.05) is 17.7 Å². The second-order valence-corrected chi connectivity index (χ2v) is 9.55. The van der Waals surface area contributed by atoms with E-state index in [-0.39, 0.29) is 47.2 Å². The second-order valence-electron chi connectivity index (χ2n) is 6.29. The summed E-state index contributed by atoms with van der Waals surface area (Å²) in [5.41, 5.74) is 0.339. The van der Waals surface area contributed by atoms with E-state index in [0.29, 0.717) is 23.7 Å². The summed E-state index contributed by atoms with van der Waals surface area (Å²) in [4.78, 5) is 26.0. The highest BCUT2D eigenvalue weighted by atomic mass is 35.5. The van der Waals surface area contributed by atoms with Crippen molar-refractivity contribution in [3.8, 4) is 5.75 Å². The molecule has 1 N–H and O–H groups in total. The van der Waals surface area contributed by atoms with E-state index in [1.54, 1.807) is 17.0 Å². The molecule has 2 aliphatic heterocycles. The zero-order valence-electron chi connectivity index (χ0n) is 14.6. The summed E-state index contributed by atoms with van der Waals surface area (Å²) in [6.45, 7) is 0.753. The summed E-state index contributed by atoms with van der Waals surface area (Å²) < 4.78 is 32.7. The molecule has 2 amide bonds. The van der Waals surface area contributed by atoms with Gasteiger partial charge in [0.2, 0.25) is 10.0 Å². The van der Waals surface area contributed by atoms with Crippen LogP contribution in [0.1, 0.15) is 9.67 Å². The molecule has 0 saturated carbocycles. The van der Waals surface area contributed by atoms with E-state index in [1.165, 1.54) is 27.8 Å². The van der Waals surface area contributed by atoms with Gasteiger partial charge in [-0.05, 0) is 17.5 Å². The van der Waals surface area contributed by atoms with Gasteiger partial charge in [0.05, 0.1) is 15.6 Å². The first-order valence-corrected chi connectivity index (χ1v) is 11.1. The highest BCUT2D eigenvalue weighted by Gasteiger charge is 2.33. The number of piperazine rings is 1. The Bertz CT molecular complexity index is 1030. The Morgan fingerprint density at radius 1 is 1.21 bits per heavy atom. The Labute approximate surface area is 170 Å². The number of benzene rings is 1. The maximum atomic E-state index is 13.1. The number of fused-ring (bicyclic) bond motifs is 1. The van der Waals surface area contributed by atoms with Gasteiger partial charge in [-0.25, -0.2) is 8.42 Å². The van der Waals surface area contributed by atoms with E-state index in [9.17, 15) is 18.0 Å². The lowest BCUT2D eigenvalue weighted by molar-refractivity contribution is -0.118. The van der Waals surface area contributed by atoms with Crippen LogP contribution in [0.4, 0.5) is 5.69 Å². The van der Waals surface area contributed by atoms with Gasteiger partial charge in [0.25, 0.3) is 11.8 Å². The summed E-state index contributed by atoms with van der Waals surface area (Å²) in [5.74, 6) is -0.164. The van der Waals surface area contributed by atoms with E-state index in [0.717, 1.165) is 0 Å². The fraction of sp³-hybridized carbons (Fsp3) is 0.294. The molecule has 8 nitrogen and oxygen atoms in total. The normalized spacial score (nSPS) is 17.6. The average Bonchev–Trinajstić information content (AvgIpc) is 3.21. The third kappa shape index (κ3) is 3.48. The van der Waals surface area contributed by atoms with Gasteiger partial charge in [-0.3, -0.25) is 9.59 Å². The number of sulfonamides is 1. The average molecular weight is 442 g/mol. The van der Waals surface area contributed by atoms with Gasteiger partial charge in [-0.2, -0.15) is 4.31 Å². The minimum absolute atomic E-state index is 0.00152. The number of nitrogens with zero attached hydrogens (tertiary/aromatic N) is 2. The predicted molar refractivity (Wildman–Crippen MR) is 105 cm³/mol. The van der Waals surface area contributed by atoms with E-state index < -0.39 is 10.0 Å². The molecule has 2 aliphatic rings. The minimum atomic E-state index is -3.87. The van der Waals surface area contributed by atoms with Crippen molar-refractivity contribution in [2.75, 3.05) is 38.1 Å². The maximum absolute atomic E-state index is 13.1. The van der Waals surface area contributed by atoms with Gasteiger partial charge in [0.15, 0.2) is 6.61 Å². The van der Waals surface area contributed by atoms with Crippen molar-refractivity contribution in [1.29, 1.82) is 0 Å². The topological polar surface area (TPSA) is 96.0 Å². The van der Waals surface area contributed by atoms with Crippen molar-refractivity contribution in [3.63, 3.8) is 0 Å². The molecule has 1 aromatic heterocycles. The molecule has 0 atom stereocenters. The number of carbonyl (C=O) groups is 2. The fourth-order valence-electron chi connectivity index (χ4n) is 3.11. The molecule has 3 heterocycles. The van der Waals surface area contributed by atoms with Crippen LogP contribution in [0.25, 0.3) is 0 Å². The third-order valence-corrected chi connectivity index (χ3v) is 7.76. The van der Waals surface area contributed by atoms with Crippen LogP contribution < -0.4 is 10.1 Å². The molecule has 4 rings (SSSR count). The number of rotatable bonds is 3.